The number of hydrogen-bond donors (Lipinski definition) is 0. The fourth-order valence-corrected chi connectivity index (χ4v) is 1.79. The molecule has 0 unspecified atom stereocenters. The van der Waals surface area contributed by atoms with Gasteiger partial charge in [0.1, 0.15) is 6.07 Å². The van der Waals surface area contributed by atoms with Crippen LogP contribution in [-0.4, -0.2) is 20.5 Å². The molecule has 0 radical (unpaired) electrons. The number of hydrogen-bond acceptors (Lipinski definition) is 3. The standard InChI is InChI=1S/C14H14F3NO2/c1-9-10(5-4-6-12(9)14(15,16)17)7-11(8-18)13(19-2)20-3/h4-7,13H,1-3H3/b11-7-. The maximum atomic E-state index is 12.8. The summed E-state index contributed by atoms with van der Waals surface area (Å²) in [6.45, 7) is 1.36. The SMILES string of the molecule is COC(OC)/C(C#N)=C\c1cccc(C(F)(F)F)c1C. The summed E-state index contributed by atoms with van der Waals surface area (Å²) in [4.78, 5) is 0. The molecule has 0 atom stereocenters. The molecule has 6 heteroatoms. The van der Waals surface area contributed by atoms with Crippen LogP contribution in [0.15, 0.2) is 23.8 Å². The van der Waals surface area contributed by atoms with Crippen LogP contribution >= 0.6 is 0 Å². The van der Waals surface area contributed by atoms with Gasteiger partial charge in [0.05, 0.1) is 11.1 Å². The van der Waals surface area contributed by atoms with Gasteiger partial charge in [0.15, 0.2) is 6.29 Å². The Morgan fingerprint density at radius 3 is 2.35 bits per heavy atom. The van der Waals surface area contributed by atoms with Crippen LogP contribution in [0.25, 0.3) is 6.08 Å². The van der Waals surface area contributed by atoms with Gasteiger partial charge < -0.3 is 9.47 Å². The third kappa shape index (κ3) is 3.59. The van der Waals surface area contributed by atoms with Crippen molar-refractivity contribution >= 4 is 6.08 Å². The van der Waals surface area contributed by atoms with Crippen molar-refractivity contribution in [3.8, 4) is 6.07 Å². The fraction of sp³-hybridized carbons (Fsp3) is 0.357. The van der Waals surface area contributed by atoms with E-state index in [2.05, 4.69) is 0 Å². The van der Waals surface area contributed by atoms with Gasteiger partial charge in [0.25, 0.3) is 0 Å². The van der Waals surface area contributed by atoms with Crippen molar-refractivity contribution < 1.29 is 22.6 Å². The quantitative estimate of drug-likeness (QED) is 0.627. The summed E-state index contributed by atoms with van der Waals surface area (Å²) in [6, 6.07) is 5.67. The van der Waals surface area contributed by atoms with Crippen LogP contribution in [0.5, 0.6) is 0 Å². The molecule has 0 fully saturated rings. The second-order valence-corrected chi connectivity index (χ2v) is 4.03. The lowest BCUT2D eigenvalue weighted by Gasteiger charge is -2.14. The van der Waals surface area contributed by atoms with Gasteiger partial charge in [-0.05, 0) is 30.2 Å². The van der Waals surface area contributed by atoms with E-state index >= 15 is 0 Å². The maximum Gasteiger partial charge on any atom is 0.416 e. The Balaban J connectivity index is 3.31. The molecule has 0 spiro atoms. The molecule has 20 heavy (non-hydrogen) atoms. The summed E-state index contributed by atoms with van der Waals surface area (Å²) >= 11 is 0. The zero-order valence-electron chi connectivity index (χ0n) is 11.3. The summed E-state index contributed by atoms with van der Waals surface area (Å²) in [5, 5.41) is 9.04. The molecule has 0 aliphatic carbocycles. The van der Waals surface area contributed by atoms with E-state index < -0.39 is 18.0 Å². The summed E-state index contributed by atoms with van der Waals surface area (Å²) < 4.78 is 48.3. The first-order valence-corrected chi connectivity index (χ1v) is 5.69. The highest BCUT2D eigenvalue weighted by atomic mass is 19.4. The normalized spacial score (nSPS) is 12.6. The van der Waals surface area contributed by atoms with Gasteiger partial charge in [-0.3, -0.25) is 0 Å². The minimum atomic E-state index is -4.43. The third-order valence-corrected chi connectivity index (χ3v) is 2.80. The molecular weight excluding hydrogens is 271 g/mol. The van der Waals surface area contributed by atoms with Crippen molar-refractivity contribution in [2.24, 2.45) is 0 Å². The van der Waals surface area contributed by atoms with Gasteiger partial charge in [0.2, 0.25) is 0 Å². The van der Waals surface area contributed by atoms with Crippen LogP contribution in [-0.2, 0) is 15.7 Å². The number of ether oxygens (including phenoxy) is 2. The molecule has 0 aliphatic rings. The highest BCUT2D eigenvalue weighted by Crippen LogP contribution is 2.33. The van der Waals surface area contributed by atoms with Crippen molar-refractivity contribution in [1.82, 2.24) is 0 Å². The minimum Gasteiger partial charge on any atom is -0.351 e. The van der Waals surface area contributed by atoms with Crippen molar-refractivity contribution in [2.45, 2.75) is 19.4 Å². The number of nitriles is 1. The predicted octanol–water partition coefficient (Wildman–Crippen LogP) is 3.54. The summed E-state index contributed by atoms with van der Waals surface area (Å²) in [5.74, 6) is 0. The number of rotatable bonds is 4. The van der Waals surface area contributed by atoms with Crippen molar-refractivity contribution in [3.63, 3.8) is 0 Å². The largest absolute Gasteiger partial charge is 0.416 e. The van der Waals surface area contributed by atoms with Gasteiger partial charge in [-0.15, -0.1) is 0 Å². The van der Waals surface area contributed by atoms with Crippen LogP contribution in [0, 0.1) is 18.3 Å². The molecule has 0 aromatic heterocycles. The van der Waals surface area contributed by atoms with Crippen LogP contribution in [0.4, 0.5) is 13.2 Å². The van der Waals surface area contributed by atoms with E-state index in [9.17, 15) is 13.2 Å². The minimum absolute atomic E-state index is 0.0544. The fourth-order valence-electron chi connectivity index (χ4n) is 1.79. The molecule has 108 valence electrons. The van der Waals surface area contributed by atoms with Gasteiger partial charge in [-0.25, -0.2) is 0 Å². The van der Waals surface area contributed by atoms with Crippen molar-refractivity contribution in [3.05, 3.63) is 40.5 Å². The Bertz CT molecular complexity index is 540. The summed E-state index contributed by atoms with van der Waals surface area (Å²) in [7, 11) is 2.69. The van der Waals surface area contributed by atoms with Gasteiger partial charge in [0, 0.05) is 14.2 Å². The number of alkyl halides is 3. The van der Waals surface area contributed by atoms with E-state index in [4.69, 9.17) is 14.7 Å². The number of methoxy groups -OCH3 is 2. The topological polar surface area (TPSA) is 42.2 Å². The maximum absolute atomic E-state index is 12.8. The summed E-state index contributed by atoms with van der Waals surface area (Å²) in [6.07, 6.45) is -4.00. The Morgan fingerprint density at radius 1 is 1.30 bits per heavy atom. The van der Waals surface area contributed by atoms with E-state index in [1.165, 1.54) is 39.4 Å². The molecular formula is C14H14F3NO2. The molecule has 0 N–H and O–H groups in total. The van der Waals surface area contributed by atoms with E-state index in [-0.39, 0.29) is 11.1 Å². The van der Waals surface area contributed by atoms with E-state index in [0.717, 1.165) is 6.07 Å². The smallest absolute Gasteiger partial charge is 0.351 e. The zero-order valence-corrected chi connectivity index (χ0v) is 11.3. The van der Waals surface area contributed by atoms with Gasteiger partial charge >= 0.3 is 6.18 Å². The van der Waals surface area contributed by atoms with Gasteiger partial charge in [-0.1, -0.05) is 12.1 Å². The molecule has 1 aromatic rings. The molecule has 1 aromatic carbocycles. The predicted molar refractivity (Wildman–Crippen MR) is 67.6 cm³/mol. The molecule has 0 aliphatic heterocycles. The Hall–Kier alpha value is -1.84. The molecule has 0 heterocycles. The number of nitrogens with zero attached hydrogens (tertiary/aromatic N) is 1. The Kier molecular flexibility index (Phi) is 5.31. The average molecular weight is 285 g/mol. The lowest BCUT2D eigenvalue weighted by Crippen LogP contribution is -2.15. The van der Waals surface area contributed by atoms with Crippen LogP contribution in [0.1, 0.15) is 16.7 Å². The van der Waals surface area contributed by atoms with E-state index in [1.807, 2.05) is 6.07 Å². The third-order valence-electron chi connectivity index (χ3n) is 2.80. The van der Waals surface area contributed by atoms with Crippen molar-refractivity contribution in [2.75, 3.05) is 14.2 Å². The van der Waals surface area contributed by atoms with Gasteiger partial charge in [-0.2, -0.15) is 18.4 Å². The highest BCUT2D eigenvalue weighted by molar-refractivity contribution is 5.62. The first kappa shape index (κ1) is 16.2. The van der Waals surface area contributed by atoms with Crippen LogP contribution in [0.2, 0.25) is 0 Å². The number of benzene rings is 1. The average Bonchev–Trinajstić information content (AvgIpc) is 2.39. The first-order chi connectivity index (χ1) is 9.35. The van der Waals surface area contributed by atoms with E-state index in [0.29, 0.717) is 5.56 Å². The molecule has 1 rings (SSSR count). The summed E-state index contributed by atoms with van der Waals surface area (Å²) in [5.41, 5.74) is -0.276. The van der Waals surface area contributed by atoms with E-state index in [1.54, 1.807) is 0 Å². The highest BCUT2D eigenvalue weighted by Gasteiger charge is 2.32. The Morgan fingerprint density at radius 2 is 1.90 bits per heavy atom. The lowest BCUT2D eigenvalue weighted by atomic mass is 10.00. The molecule has 0 saturated heterocycles. The van der Waals surface area contributed by atoms with Crippen molar-refractivity contribution in [1.29, 1.82) is 5.26 Å². The zero-order chi connectivity index (χ0) is 15.3. The lowest BCUT2D eigenvalue weighted by molar-refractivity contribution is -0.138. The molecule has 0 amide bonds. The van der Waals surface area contributed by atoms with Crippen LogP contribution < -0.4 is 0 Å². The molecule has 0 bridgehead atoms. The van der Waals surface area contributed by atoms with Crippen LogP contribution in [0.3, 0.4) is 0 Å². The first-order valence-electron chi connectivity index (χ1n) is 5.69. The molecule has 0 saturated carbocycles. The number of halogens is 3. The second-order valence-electron chi connectivity index (χ2n) is 4.03. The monoisotopic (exact) mass is 285 g/mol. The second kappa shape index (κ2) is 6.55. The molecule has 3 nitrogen and oxygen atoms in total. The Labute approximate surface area is 115 Å².